The average Bonchev–Trinajstić information content (AvgIpc) is 2.35. The highest BCUT2D eigenvalue weighted by Gasteiger charge is 2.61. The Bertz CT molecular complexity index is 439. The van der Waals surface area contributed by atoms with E-state index in [2.05, 4.69) is 15.6 Å². The fourth-order valence-electron chi connectivity index (χ4n) is 4.88. The van der Waals surface area contributed by atoms with Gasteiger partial charge in [0.25, 0.3) is 0 Å². The lowest BCUT2D eigenvalue weighted by atomic mass is 9.52. The number of hydrogen-bond acceptors (Lipinski definition) is 5. The minimum absolute atomic E-state index is 0.409. The third kappa shape index (κ3) is 2.66. The Kier molecular flexibility index (Phi) is 3.47. The van der Waals surface area contributed by atoms with E-state index in [0.29, 0.717) is 18.3 Å². The van der Waals surface area contributed by atoms with Crippen molar-refractivity contribution in [2.45, 2.75) is 49.7 Å². The fraction of sp³-hybridized carbons (Fsp3) is 0.857. The molecule has 2 unspecified atom stereocenters. The molecule has 0 spiro atoms. The number of ether oxygens (including phenoxy) is 2. The molecule has 4 bridgehead atoms. The zero-order valence-electron chi connectivity index (χ0n) is 12.4. The Balaban J connectivity index is 1.78. The van der Waals surface area contributed by atoms with Gasteiger partial charge in [-0.15, -0.1) is 0 Å². The molecule has 0 aromatic rings. The van der Waals surface area contributed by atoms with Crippen LogP contribution < -0.4 is 10.8 Å². The summed E-state index contributed by atoms with van der Waals surface area (Å²) < 4.78 is 11.3. The van der Waals surface area contributed by atoms with Crippen molar-refractivity contribution in [1.29, 1.82) is 0 Å². The van der Waals surface area contributed by atoms with Crippen molar-refractivity contribution in [1.82, 2.24) is 10.8 Å². The second kappa shape index (κ2) is 5.05. The van der Waals surface area contributed by atoms with Gasteiger partial charge in [-0.05, 0) is 43.9 Å². The monoisotopic (exact) mass is 298 g/mol. The number of amides is 2. The summed E-state index contributed by atoms with van der Waals surface area (Å²) in [4.78, 5) is 28.0. The van der Waals surface area contributed by atoms with Gasteiger partial charge in [-0.3, -0.25) is 4.84 Å². The molecule has 4 aliphatic rings. The number of alkyl carbamates (subject to hydrolysis) is 1. The first-order valence-electron chi connectivity index (χ1n) is 7.41. The van der Waals surface area contributed by atoms with Crippen molar-refractivity contribution in [3.8, 4) is 0 Å². The third-order valence-electron chi connectivity index (χ3n) is 4.96. The van der Waals surface area contributed by atoms with E-state index in [1.807, 2.05) is 0 Å². The molecule has 118 valence electrons. The molecule has 0 radical (unpaired) electrons. The highest BCUT2D eigenvalue weighted by molar-refractivity contribution is 5.68. The first-order chi connectivity index (χ1) is 9.98. The fourth-order valence-corrected chi connectivity index (χ4v) is 4.88. The minimum Gasteiger partial charge on any atom is -0.443 e. The van der Waals surface area contributed by atoms with Gasteiger partial charge in [-0.2, -0.15) is 5.48 Å². The summed E-state index contributed by atoms with van der Waals surface area (Å²) >= 11 is 0. The van der Waals surface area contributed by atoms with Crippen LogP contribution in [0.4, 0.5) is 9.59 Å². The predicted octanol–water partition coefficient (Wildman–Crippen LogP) is 1.72. The van der Waals surface area contributed by atoms with Crippen molar-refractivity contribution >= 4 is 12.2 Å². The van der Waals surface area contributed by atoms with E-state index in [1.54, 1.807) is 7.05 Å². The van der Waals surface area contributed by atoms with Crippen molar-refractivity contribution in [3.05, 3.63) is 0 Å². The van der Waals surface area contributed by atoms with E-state index in [0.717, 1.165) is 32.1 Å². The van der Waals surface area contributed by atoms with Crippen LogP contribution in [-0.2, 0) is 14.3 Å². The molecule has 0 heterocycles. The van der Waals surface area contributed by atoms with Crippen LogP contribution in [0.3, 0.4) is 0 Å². The lowest BCUT2D eigenvalue weighted by Crippen LogP contribution is -2.62. The van der Waals surface area contributed by atoms with Gasteiger partial charge >= 0.3 is 12.2 Å². The number of rotatable bonds is 3. The van der Waals surface area contributed by atoms with Crippen LogP contribution in [0.25, 0.3) is 0 Å². The Morgan fingerprint density at radius 3 is 2.00 bits per heavy atom. The molecule has 4 fully saturated rings. The molecule has 2 N–H and O–H groups in total. The number of carbonyl (C=O) groups is 2. The van der Waals surface area contributed by atoms with E-state index in [-0.39, 0.29) is 0 Å². The zero-order chi connectivity index (χ0) is 15.1. The SMILES string of the molecule is CNC(=O)OC12CC3CC(C1)CC(OC(=O)NOC)(C3)C2. The van der Waals surface area contributed by atoms with Gasteiger partial charge in [0.2, 0.25) is 0 Å². The first kappa shape index (κ1) is 14.4. The Labute approximate surface area is 123 Å². The summed E-state index contributed by atoms with van der Waals surface area (Å²) in [5.41, 5.74) is 1.19. The van der Waals surface area contributed by atoms with Crippen molar-refractivity contribution in [2.75, 3.05) is 14.2 Å². The maximum Gasteiger partial charge on any atom is 0.431 e. The van der Waals surface area contributed by atoms with Gasteiger partial charge in [0.1, 0.15) is 11.2 Å². The van der Waals surface area contributed by atoms with Crippen LogP contribution in [-0.4, -0.2) is 37.5 Å². The van der Waals surface area contributed by atoms with Gasteiger partial charge in [-0.1, -0.05) is 0 Å². The summed E-state index contributed by atoms with van der Waals surface area (Å²) in [5.74, 6) is 0.900. The normalized spacial score (nSPS) is 39.7. The zero-order valence-corrected chi connectivity index (χ0v) is 12.4. The topological polar surface area (TPSA) is 85.9 Å². The minimum atomic E-state index is -0.574. The second-order valence-electron chi connectivity index (χ2n) is 6.66. The summed E-state index contributed by atoms with van der Waals surface area (Å²) in [6, 6.07) is 0. The summed E-state index contributed by atoms with van der Waals surface area (Å²) in [6.45, 7) is 0. The van der Waals surface area contributed by atoms with Gasteiger partial charge < -0.3 is 14.8 Å². The maximum absolute atomic E-state index is 11.7. The molecule has 2 atom stereocenters. The molecule has 0 aliphatic heterocycles. The lowest BCUT2D eigenvalue weighted by Gasteiger charge is -2.59. The van der Waals surface area contributed by atoms with Crippen molar-refractivity contribution in [2.24, 2.45) is 11.8 Å². The van der Waals surface area contributed by atoms with Crippen LogP contribution in [0.1, 0.15) is 38.5 Å². The number of hydroxylamine groups is 1. The molecule has 7 heteroatoms. The number of hydrogen-bond donors (Lipinski definition) is 2. The Morgan fingerprint density at radius 1 is 1.00 bits per heavy atom. The van der Waals surface area contributed by atoms with Crippen LogP contribution in [0.5, 0.6) is 0 Å². The summed E-state index contributed by atoms with van der Waals surface area (Å²) in [5, 5.41) is 2.51. The van der Waals surface area contributed by atoms with Gasteiger partial charge in [0.05, 0.1) is 7.11 Å². The predicted molar refractivity (Wildman–Crippen MR) is 72.3 cm³/mol. The second-order valence-corrected chi connectivity index (χ2v) is 6.66. The van der Waals surface area contributed by atoms with Gasteiger partial charge in [0.15, 0.2) is 0 Å². The molecule has 4 saturated carbocycles. The molecule has 21 heavy (non-hydrogen) atoms. The van der Waals surface area contributed by atoms with Crippen molar-refractivity contribution < 1.29 is 23.9 Å². The van der Waals surface area contributed by atoms with E-state index >= 15 is 0 Å². The van der Waals surface area contributed by atoms with Gasteiger partial charge in [0, 0.05) is 13.5 Å². The van der Waals surface area contributed by atoms with Crippen LogP contribution in [0.2, 0.25) is 0 Å². The molecular formula is C14H22N2O5. The van der Waals surface area contributed by atoms with E-state index < -0.39 is 23.4 Å². The molecule has 0 aromatic carbocycles. The number of nitrogens with one attached hydrogen (secondary N) is 2. The van der Waals surface area contributed by atoms with E-state index in [4.69, 9.17) is 9.47 Å². The largest absolute Gasteiger partial charge is 0.443 e. The number of carbonyl (C=O) groups excluding carboxylic acids is 2. The highest BCUT2D eigenvalue weighted by Crippen LogP contribution is 2.60. The summed E-state index contributed by atoms with van der Waals surface area (Å²) in [7, 11) is 2.93. The lowest BCUT2D eigenvalue weighted by molar-refractivity contribution is -0.200. The Morgan fingerprint density at radius 2 is 1.52 bits per heavy atom. The van der Waals surface area contributed by atoms with E-state index in [9.17, 15) is 9.59 Å². The van der Waals surface area contributed by atoms with E-state index in [1.165, 1.54) is 7.11 Å². The van der Waals surface area contributed by atoms with Crippen LogP contribution >= 0.6 is 0 Å². The molecule has 4 aliphatic carbocycles. The molecular weight excluding hydrogens is 276 g/mol. The standard InChI is InChI=1S/C14H22N2O5/c1-15-11(17)20-13-4-9-3-10(5-13)7-14(6-9,8-13)21-12(18)16-19-2/h9-10H,3-8H2,1-2H3,(H,15,17)(H,16,18). The average molecular weight is 298 g/mol. The third-order valence-corrected chi connectivity index (χ3v) is 4.96. The Hall–Kier alpha value is -1.50. The molecule has 4 rings (SSSR count). The van der Waals surface area contributed by atoms with Crippen molar-refractivity contribution in [3.63, 3.8) is 0 Å². The molecule has 0 aromatic heterocycles. The first-order valence-corrected chi connectivity index (χ1v) is 7.41. The highest BCUT2D eigenvalue weighted by atomic mass is 16.7. The molecule has 7 nitrogen and oxygen atoms in total. The molecule has 0 saturated heterocycles. The smallest absolute Gasteiger partial charge is 0.431 e. The molecule has 2 amide bonds. The maximum atomic E-state index is 11.7. The summed E-state index contributed by atoms with van der Waals surface area (Å²) in [6.07, 6.45) is 4.16. The van der Waals surface area contributed by atoms with Crippen LogP contribution in [0, 0.1) is 11.8 Å². The quantitative estimate of drug-likeness (QED) is 0.775. The van der Waals surface area contributed by atoms with Crippen LogP contribution in [0.15, 0.2) is 0 Å². The van der Waals surface area contributed by atoms with Gasteiger partial charge in [-0.25, -0.2) is 9.59 Å².